The second-order valence-corrected chi connectivity index (χ2v) is 4.95. The summed E-state index contributed by atoms with van der Waals surface area (Å²) in [5.41, 5.74) is 2.46. The fourth-order valence-corrected chi connectivity index (χ4v) is 2.06. The van der Waals surface area contributed by atoms with Crippen molar-refractivity contribution in [2.24, 2.45) is 0 Å². The molecule has 0 amide bonds. The zero-order valence-electron chi connectivity index (χ0n) is 9.86. The quantitative estimate of drug-likeness (QED) is 0.757. The molecule has 0 radical (unpaired) electrons. The van der Waals surface area contributed by atoms with E-state index in [0.717, 1.165) is 16.8 Å². The van der Waals surface area contributed by atoms with Gasteiger partial charge in [0.1, 0.15) is 5.52 Å². The van der Waals surface area contributed by atoms with Gasteiger partial charge in [-0.15, -0.1) is 0 Å². The highest BCUT2D eigenvalue weighted by atomic mass is 35.5. The molecule has 0 aliphatic carbocycles. The lowest BCUT2D eigenvalue weighted by Gasteiger charge is -2.02. The number of halogens is 2. The predicted octanol–water partition coefficient (Wildman–Crippen LogP) is 4.75. The molecule has 0 bridgehead atoms. The normalized spacial score (nSPS) is 10.8. The molecule has 0 unspecified atom stereocenters. The number of hydrogen-bond acceptors (Lipinski definition) is 3. The molecule has 0 aliphatic heterocycles. The molecular formula is C14H10Cl2N2O. The fourth-order valence-electron chi connectivity index (χ4n) is 1.77. The van der Waals surface area contributed by atoms with E-state index in [1.54, 1.807) is 12.1 Å². The van der Waals surface area contributed by atoms with E-state index in [1.165, 1.54) is 0 Å². The van der Waals surface area contributed by atoms with Crippen LogP contribution in [0.15, 0.2) is 46.9 Å². The smallest absolute Gasteiger partial charge is 0.214 e. The Morgan fingerprint density at radius 3 is 2.53 bits per heavy atom. The van der Waals surface area contributed by atoms with Crippen molar-refractivity contribution >= 4 is 40.0 Å². The van der Waals surface area contributed by atoms with Crippen LogP contribution in [0.4, 0.5) is 5.69 Å². The maximum absolute atomic E-state index is 5.91. The van der Waals surface area contributed by atoms with Crippen LogP contribution in [0, 0.1) is 0 Å². The largest absolute Gasteiger partial charge is 0.439 e. The Morgan fingerprint density at radius 1 is 1.00 bits per heavy atom. The molecule has 0 saturated carbocycles. The molecule has 0 spiro atoms. The maximum atomic E-state index is 5.91. The number of anilines is 1. The van der Waals surface area contributed by atoms with Crippen molar-refractivity contribution in [2.75, 3.05) is 5.32 Å². The minimum absolute atomic E-state index is 0.508. The van der Waals surface area contributed by atoms with Crippen LogP contribution < -0.4 is 5.32 Å². The van der Waals surface area contributed by atoms with Crippen molar-refractivity contribution in [2.45, 2.75) is 6.54 Å². The van der Waals surface area contributed by atoms with Gasteiger partial charge in [0.15, 0.2) is 5.58 Å². The number of benzene rings is 2. The van der Waals surface area contributed by atoms with Crippen LogP contribution in [0.1, 0.15) is 5.89 Å². The van der Waals surface area contributed by atoms with Gasteiger partial charge in [0.2, 0.25) is 5.89 Å². The third-order valence-corrected chi connectivity index (χ3v) is 3.17. The highest BCUT2D eigenvalue weighted by Crippen LogP contribution is 2.21. The molecule has 5 heteroatoms. The summed E-state index contributed by atoms with van der Waals surface area (Å²) < 4.78 is 5.61. The van der Waals surface area contributed by atoms with E-state index in [-0.39, 0.29) is 0 Å². The highest BCUT2D eigenvalue weighted by molar-refractivity contribution is 6.31. The molecular weight excluding hydrogens is 283 g/mol. The molecule has 1 N–H and O–H groups in total. The van der Waals surface area contributed by atoms with E-state index in [1.807, 2.05) is 30.3 Å². The number of fused-ring (bicyclic) bond motifs is 1. The molecule has 1 aromatic heterocycles. The van der Waals surface area contributed by atoms with Gasteiger partial charge in [-0.2, -0.15) is 0 Å². The Hall–Kier alpha value is -1.71. The van der Waals surface area contributed by atoms with Gasteiger partial charge in [-0.3, -0.25) is 0 Å². The molecule has 96 valence electrons. The minimum Gasteiger partial charge on any atom is -0.439 e. The number of oxazole rings is 1. The van der Waals surface area contributed by atoms with Crippen molar-refractivity contribution in [3.05, 3.63) is 58.4 Å². The minimum atomic E-state index is 0.508. The summed E-state index contributed by atoms with van der Waals surface area (Å²) in [5.74, 6) is 0.618. The van der Waals surface area contributed by atoms with Gasteiger partial charge in [0, 0.05) is 15.7 Å². The van der Waals surface area contributed by atoms with Gasteiger partial charge in [-0.1, -0.05) is 23.2 Å². The van der Waals surface area contributed by atoms with Gasteiger partial charge in [-0.25, -0.2) is 4.98 Å². The summed E-state index contributed by atoms with van der Waals surface area (Å²) in [6.45, 7) is 0.508. The van der Waals surface area contributed by atoms with Crippen LogP contribution in [-0.2, 0) is 6.54 Å². The monoisotopic (exact) mass is 292 g/mol. The molecule has 3 rings (SSSR count). The molecule has 0 saturated heterocycles. The van der Waals surface area contributed by atoms with Crippen LogP contribution in [0.25, 0.3) is 11.1 Å². The first-order valence-electron chi connectivity index (χ1n) is 5.75. The second kappa shape index (κ2) is 5.11. The first kappa shape index (κ1) is 12.3. The van der Waals surface area contributed by atoms with Crippen LogP contribution >= 0.6 is 23.2 Å². The summed E-state index contributed by atoms with van der Waals surface area (Å²) in [6, 6.07) is 12.9. The topological polar surface area (TPSA) is 38.1 Å². The zero-order valence-corrected chi connectivity index (χ0v) is 11.4. The van der Waals surface area contributed by atoms with Gasteiger partial charge in [-0.05, 0) is 42.5 Å². The standard InChI is InChI=1S/C14H10Cl2N2O/c15-9-1-4-11(5-2-9)17-8-14-18-12-7-10(16)3-6-13(12)19-14/h1-7,17H,8H2. The molecule has 19 heavy (non-hydrogen) atoms. The van der Waals surface area contributed by atoms with E-state index in [2.05, 4.69) is 10.3 Å². The van der Waals surface area contributed by atoms with Gasteiger partial charge in [0.05, 0.1) is 6.54 Å². The first-order chi connectivity index (χ1) is 9.20. The zero-order chi connectivity index (χ0) is 13.2. The van der Waals surface area contributed by atoms with Gasteiger partial charge < -0.3 is 9.73 Å². The molecule has 0 fully saturated rings. The number of nitrogens with one attached hydrogen (secondary N) is 1. The van der Waals surface area contributed by atoms with E-state index in [9.17, 15) is 0 Å². The number of nitrogens with zero attached hydrogens (tertiary/aromatic N) is 1. The molecule has 3 aromatic rings. The van der Waals surface area contributed by atoms with Crippen LogP contribution in [0.3, 0.4) is 0 Å². The lowest BCUT2D eigenvalue weighted by Crippen LogP contribution is -1.98. The Bertz CT molecular complexity index is 707. The fraction of sp³-hybridized carbons (Fsp3) is 0.0714. The lowest BCUT2D eigenvalue weighted by atomic mass is 10.3. The summed E-state index contributed by atoms with van der Waals surface area (Å²) in [6.07, 6.45) is 0. The molecule has 0 atom stereocenters. The Morgan fingerprint density at radius 2 is 1.74 bits per heavy atom. The summed E-state index contributed by atoms with van der Waals surface area (Å²) in [4.78, 5) is 4.37. The van der Waals surface area contributed by atoms with E-state index in [0.29, 0.717) is 22.5 Å². The average Bonchev–Trinajstić information content (AvgIpc) is 2.80. The van der Waals surface area contributed by atoms with Crippen LogP contribution in [0.2, 0.25) is 10.0 Å². The first-order valence-corrected chi connectivity index (χ1v) is 6.51. The van der Waals surface area contributed by atoms with Crippen molar-refractivity contribution in [3.8, 4) is 0 Å². The predicted molar refractivity (Wildman–Crippen MR) is 77.8 cm³/mol. The van der Waals surface area contributed by atoms with E-state index in [4.69, 9.17) is 27.6 Å². The van der Waals surface area contributed by atoms with Crippen molar-refractivity contribution in [1.82, 2.24) is 4.98 Å². The summed E-state index contributed by atoms with van der Waals surface area (Å²) >= 11 is 11.7. The lowest BCUT2D eigenvalue weighted by molar-refractivity contribution is 0.540. The van der Waals surface area contributed by atoms with Crippen LogP contribution in [-0.4, -0.2) is 4.98 Å². The van der Waals surface area contributed by atoms with E-state index < -0.39 is 0 Å². The summed E-state index contributed by atoms with van der Waals surface area (Å²) in [5, 5.41) is 4.58. The Kier molecular flexibility index (Phi) is 3.32. The van der Waals surface area contributed by atoms with Crippen LogP contribution in [0.5, 0.6) is 0 Å². The Balaban J connectivity index is 1.76. The average molecular weight is 293 g/mol. The van der Waals surface area contributed by atoms with Gasteiger partial charge in [0.25, 0.3) is 0 Å². The Labute approximate surface area is 120 Å². The number of rotatable bonds is 3. The molecule has 2 aromatic carbocycles. The van der Waals surface area contributed by atoms with Crippen molar-refractivity contribution < 1.29 is 4.42 Å². The van der Waals surface area contributed by atoms with Crippen molar-refractivity contribution in [3.63, 3.8) is 0 Å². The maximum Gasteiger partial charge on any atom is 0.214 e. The molecule has 3 nitrogen and oxygen atoms in total. The highest BCUT2D eigenvalue weighted by Gasteiger charge is 2.05. The number of hydrogen-bond donors (Lipinski definition) is 1. The van der Waals surface area contributed by atoms with E-state index >= 15 is 0 Å². The number of aromatic nitrogens is 1. The summed E-state index contributed by atoms with van der Waals surface area (Å²) in [7, 11) is 0. The molecule has 1 heterocycles. The van der Waals surface area contributed by atoms with Crippen molar-refractivity contribution in [1.29, 1.82) is 0 Å². The SMILES string of the molecule is Clc1ccc(NCc2nc3cc(Cl)ccc3o2)cc1. The molecule has 0 aliphatic rings. The second-order valence-electron chi connectivity index (χ2n) is 4.08. The van der Waals surface area contributed by atoms with Gasteiger partial charge >= 0.3 is 0 Å². The third kappa shape index (κ3) is 2.83. The third-order valence-electron chi connectivity index (χ3n) is 2.68.